The van der Waals surface area contributed by atoms with Crippen molar-refractivity contribution >= 4 is 34.9 Å². The summed E-state index contributed by atoms with van der Waals surface area (Å²) in [6, 6.07) is 5.55. The number of likely N-dealkylation sites (tertiary alicyclic amines) is 1. The fourth-order valence-corrected chi connectivity index (χ4v) is 4.00. The number of carbonyl (C=O) groups excluding carboxylic acids is 3. The van der Waals surface area contributed by atoms with Gasteiger partial charge in [-0.15, -0.1) is 0 Å². The molecule has 2 heterocycles. The summed E-state index contributed by atoms with van der Waals surface area (Å²) in [5, 5.41) is -0.392. The molecular weight excluding hydrogens is 352 g/mol. The van der Waals surface area contributed by atoms with Crippen LogP contribution in [0.4, 0.5) is 4.79 Å². The normalized spacial score (nSPS) is 19.4. The number of hydrogen-bond donors (Lipinski definition) is 0. The molecule has 138 valence electrons. The van der Waals surface area contributed by atoms with Gasteiger partial charge >= 0.3 is 0 Å². The third-order valence-corrected chi connectivity index (χ3v) is 5.50. The van der Waals surface area contributed by atoms with Crippen LogP contribution in [0.25, 0.3) is 6.08 Å². The summed E-state index contributed by atoms with van der Waals surface area (Å²) in [4.78, 5) is 40.3. The topological polar surface area (TPSA) is 66.9 Å². The van der Waals surface area contributed by atoms with Crippen LogP contribution in [-0.2, 0) is 9.59 Å². The van der Waals surface area contributed by atoms with Gasteiger partial charge in [0.25, 0.3) is 11.1 Å². The first-order valence-corrected chi connectivity index (χ1v) is 9.49. The Balaban J connectivity index is 1.71. The molecule has 0 aromatic heterocycles. The average Bonchev–Trinajstić information content (AvgIpc) is 2.90. The smallest absolute Gasteiger partial charge is 0.294 e. The van der Waals surface area contributed by atoms with Crippen LogP contribution in [-0.4, -0.2) is 53.6 Å². The molecule has 26 heavy (non-hydrogen) atoms. The molecule has 0 bridgehead atoms. The Hall–Kier alpha value is -2.28. The Labute approximate surface area is 157 Å². The maximum atomic E-state index is 12.6. The van der Waals surface area contributed by atoms with Gasteiger partial charge in [-0.25, -0.2) is 0 Å². The lowest BCUT2D eigenvalue weighted by molar-refractivity contribution is -0.136. The van der Waals surface area contributed by atoms with E-state index in [1.807, 2.05) is 25.1 Å². The Morgan fingerprint density at radius 1 is 1.23 bits per heavy atom. The number of nitrogens with zero attached hydrogens (tertiary/aromatic N) is 2. The minimum absolute atomic E-state index is 0.159. The van der Waals surface area contributed by atoms with Gasteiger partial charge < -0.3 is 9.64 Å². The van der Waals surface area contributed by atoms with Gasteiger partial charge in [-0.2, -0.15) is 0 Å². The number of amides is 3. The van der Waals surface area contributed by atoms with Crippen molar-refractivity contribution in [3.05, 3.63) is 34.2 Å². The summed E-state index contributed by atoms with van der Waals surface area (Å²) >= 11 is 0.878. The SMILES string of the molecule is COc1ccc(/C=C2\SC(=O)N(CC(=O)N3CCCCC3)C2=O)cc1C. The van der Waals surface area contributed by atoms with E-state index in [4.69, 9.17) is 4.74 Å². The van der Waals surface area contributed by atoms with Crippen LogP contribution in [0.5, 0.6) is 5.75 Å². The summed E-state index contributed by atoms with van der Waals surface area (Å²) in [7, 11) is 1.60. The van der Waals surface area contributed by atoms with Gasteiger partial charge in [0.05, 0.1) is 12.0 Å². The maximum Gasteiger partial charge on any atom is 0.294 e. The van der Waals surface area contributed by atoms with Crippen LogP contribution in [0.3, 0.4) is 0 Å². The second-order valence-corrected chi connectivity index (χ2v) is 7.43. The van der Waals surface area contributed by atoms with Crippen LogP contribution < -0.4 is 4.74 Å². The minimum Gasteiger partial charge on any atom is -0.496 e. The molecule has 0 unspecified atom stereocenters. The van der Waals surface area contributed by atoms with Crippen molar-refractivity contribution in [2.45, 2.75) is 26.2 Å². The maximum absolute atomic E-state index is 12.6. The van der Waals surface area contributed by atoms with Crippen molar-refractivity contribution in [3.63, 3.8) is 0 Å². The van der Waals surface area contributed by atoms with E-state index in [2.05, 4.69) is 0 Å². The van der Waals surface area contributed by atoms with Crippen molar-refractivity contribution < 1.29 is 19.1 Å². The van der Waals surface area contributed by atoms with E-state index >= 15 is 0 Å². The number of imide groups is 1. The van der Waals surface area contributed by atoms with E-state index in [0.29, 0.717) is 18.0 Å². The molecular formula is C19H22N2O4S. The Bertz CT molecular complexity index is 769. The van der Waals surface area contributed by atoms with Gasteiger partial charge in [0.15, 0.2) is 0 Å². The lowest BCUT2D eigenvalue weighted by atomic mass is 10.1. The molecule has 0 aliphatic carbocycles. The molecule has 6 nitrogen and oxygen atoms in total. The number of benzene rings is 1. The number of rotatable bonds is 4. The first-order valence-electron chi connectivity index (χ1n) is 8.67. The lowest BCUT2D eigenvalue weighted by Gasteiger charge is -2.27. The van der Waals surface area contributed by atoms with Crippen molar-refractivity contribution in [2.75, 3.05) is 26.7 Å². The number of hydrogen-bond acceptors (Lipinski definition) is 5. The number of piperidine rings is 1. The van der Waals surface area contributed by atoms with E-state index in [0.717, 1.165) is 52.8 Å². The zero-order valence-electron chi connectivity index (χ0n) is 15.0. The van der Waals surface area contributed by atoms with Crippen molar-refractivity contribution in [3.8, 4) is 5.75 Å². The van der Waals surface area contributed by atoms with Gasteiger partial charge in [0, 0.05) is 13.1 Å². The van der Waals surface area contributed by atoms with E-state index < -0.39 is 11.1 Å². The van der Waals surface area contributed by atoms with Crippen LogP contribution in [0.1, 0.15) is 30.4 Å². The molecule has 7 heteroatoms. The molecule has 2 aliphatic heterocycles. The molecule has 0 saturated carbocycles. The summed E-state index contributed by atoms with van der Waals surface area (Å²) in [5.74, 6) is 0.203. The molecule has 0 atom stereocenters. The fraction of sp³-hybridized carbons (Fsp3) is 0.421. The van der Waals surface area contributed by atoms with Crippen molar-refractivity contribution in [1.82, 2.24) is 9.80 Å². The van der Waals surface area contributed by atoms with E-state index in [9.17, 15) is 14.4 Å². The Kier molecular flexibility index (Phi) is 5.66. The second kappa shape index (κ2) is 7.95. The molecule has 2 aliphatic rings. The largest absolute Gasteiger partial charge is 0.496 e. The minimum atomic E-state index is -0.404. The zero-order valence-corrected chi connectivity index (χ0v) is 15.8. The Morgan fingerprint density at radius 2 is 1.96 bits per heavy atom. The highest BCUT2D eigenvalue weighted by Gasteiger charge is 2.37. The van der Waals surface area contributed by atoms with Crippen LogP contribution >= 0.6 is 11.8 Å². The highest BCUT2D eigenvalue weighted by molar-refractivity contribution is 8.18. The zero-order chi connectivity index (χ0) is 18.7. The van der Waals surface area contributed by atoms with Gasteiger partial charge in [0.2, 0.25) is 5.91 Å². The predicted molar refractivity (Wildman–Crippen MR) is 101 cm³/mol. The first kappa shape index (κ1) is 18.5. The number of methoxy groups -OCH3 is 1. The summed E-state index contributed by atoms with van der Waals surface area (Å²) in [6.45, 7) is 3.15. The number of carbonyl (C=O) groups is 3. The number of aryl methyl sites for hydroxylation is 1. The van der Waals surface area contributed by atoms with Crippen LogP contribution in [0, 0.1) is 6.92 Å². The molecule has 0 radical (unpaired) electrons. The lowest BCUT2D eigenvalue weighted by Crippen LogP contribution is -2.44. The third kappa shape index (κ3) is 3.93. The molecule has 1 aromatic carbocycles. The second-order valence-electron chi connectivity index (χ2n) is 6.44. The molecule has 2 saturated heterocycles. The fourth-order valence-electron chi connectivity index (χ4n) is 3.16. The quantitative estimate of drug-likeness (QED) is 0.758. The highest BCUT2D eigenvalue weighted by atomic mass is 32.2. The number of thioether (sulfide) groups is 1. The van der Waals surface area contributed by atoms with E-state index in [-0.39, 0.29) is 12.5 Å². The molecule has 0 N–H and O–H groups in total. The molecule has 3 amide bonds. The standard InChI is InChI=1S/C19H22N2O4S/c1-13-10-14(6-7-15(13)25-2)11-16-18(23)21(19(24)26-16)12-17(22)20-8-4-3-5-9-20/h6-7,10-11H,3-5,8-9,12H2,1-2H3/b16-11-. The van der Waals surface area contributed by atoms with Crippen LogP contribution in [0.15, 0.2) is 23.1 Å². The monoisotopic (exact) mass is 374 g/mol. The highest BCUT2D eigenvalue weighted by Crippen LogP contribution is 2.33. The van der Waals surface area contributed by atoms with Crippen molar-refractivity contribution in [2.24, 2.45) is 0 Å². The summed E-state index contributed by atoms with van der Waals surface area (Å²) < 4.78 is 5.23. The van der Waals surface area contributed by atoms with Crippen LogP contribution in [0.2, 0.25) is 0 Å². The van der Waals surface area contributed by atoms with Gasteiger partial charge in [-0.05, 0) is 67.3 Å². The summed E-state index contributed by atoms with van der Waals surface area (Å²) in [5.41, 5.74) is 1.76. The molecule has 2 fully saturated rings. The molecule has 3 rings (SSSR count). The van der Waals surface area contributed by atoms with Gasteiger partial charge in [-0.3, -0.25) is 19.3 Å². The molecule has 1 aromatic rings. The van der Waals surface area contributed by atoms with Gasteiger partial charge in [0.1, 0.15) is 12.3 Å². The summed E-state index contributed by atoms with van der Waals surface area (Å²) in [6.07, 6.45) is 4.76. The van der Waals surface area contributed by atoms with Gasteiger partial charge in [-0.1, -0.05) is 6.07 Å². The number of ether oxygens (including phenoxy) is 1. The first-order chi connectivity index (χ1) is 12.5. The van der Waals surface area contributed by atoms with E-state index in [1.54, 1.807) is 18.1 Å². The average molecular weight is 374 g/mol. The van der Waals surface area contributed by atoms with E-state index in [1.165, 1.54) is 0 Å². The predicted octanol–water partition coefficient (Wildman–Crippen LogP) is 3.05. The Morgan fingerprint density at radius 3 is 2.62 bits per heavy atom. The third-order valence-electron chi connectivity index (χ3n) is 4.59. The van der Waals surface area contributed by atoms with Crippen molar-refractivity contribution in [1.29, 1.82) is 0 Å². The molecule has 0 spiro atoms.